The van der Waals surface area contributed by atoms with Gasteiger partial charge in [-0.15, -0.1) is 0 Å². The molecule has 2 N–H and O–H groups in total. The van der Waals surface area contributed by atoms with Gasteiger partial charge in [0.25, 0.3) is 0 Å². The lowest BCUT2D eigenvalue weighted by Crippen LogP contribution is -1.80. The Morgan fingerprint density at radius 2 is 2.17 bits per heavy atom. The summed E-state index contributed by atoms with van der Waals surface area (Å²) >= 11 is 0. The summed E-state index contributed by atoms with van der Waals surface area (Å²) in [5, 5.41) is 1.05. The smallest absolute Gasteiger partial charge is 0.134 e. The molecule has 1 heterocycles. The van der Waals surface area contributed by atoms with E-state index < -0.39 is 0 Å². The molecule has 2 rings (SSSR count). The fourth-order valence-electron chi connectivity index (χ4n) is 1.24. The number of nitrogen functional groups attached to an aromatic ring is 1. The highest BCUT2D eigenvalue weighted by Crippen LogP contribution is 2.21. The second-order valence-electron chi connectivity index (χ2n) is 2.76. The van der Waals surface area contributed by atoms with Crippen LogP contribution in [0, 0.1) is 6.92 Å². The monoisotopic (exact) mass is 160 g/mol. The minimum atomic E-state index is 0.675. The largest absolute Gasteiger partial charge is 0.461 e. The van der Waals surface area contributed by atoms with Crippen molar-refractivity contribution in [1.82, 2.24) is 0 Å². The van der Waals surface area contributed by atoms with E-state index in [1.807, 2.05) is 24.3 Å². The van der Waals surface area contributed by atoms with Gasteiger partial charge in [0.2, 0.25) is 0 Å². The highest BCUT2D eigenvalue weighted by Gasteiger charge is 2.00. The predicted molar refractivity (Wildman–Crippen MR) is 49.7 cm³/mol. The lowest BCUT2D eigenvalue weighted by molar-refractivity contribution is 0.565. The molecular weight excluding hydrogens is 150 g/mol. The van der Waals surface area contributed by atoms with Crippen molar-refractivity contribution in [2.24, 2.45) is 0 Å². The minimum Gasteiger partial charge on any atom is -0.461 e. The van der Waals surface area contributed by atoms with Crippen LogP contribution in [0.1, 0.15) is 5.76 Å². The SMILES string of the molecule is [CH2]Cc1cc2cc(N)ccc2o1. The number of furan rings is 1. The zero-order chi connectivity index (χ0) is 8.55. The van der Waals surface area contributed by atoms with Crippen molar-refractivity contribution < 1.29 is 4.42 Å². The molecule has 0 aliphatic carbocycles. The second kappa shape index (κ2) is 2.55. The summed E-state index contributed by atoms with van der Waals surface area (Å²) in [5.74, 6) is 0.899. The first kappa shape index (κ1) is 7.22. The van der Waals surface area contributed by atoms with E-state index in [2.05, 4.69) is 6.92 Å². The van der Waals surface area contributed by atoms with Crippen LogP contribution in [0.3, 0.4) is 0 Å². The predicted octanol–water partition coefficient (Wildman–Crippen LogP) is 2.39. The summed E-state index contributed by atoms with van der Waals surface area (Å²) in [6.45, 7) is 3.75. The van der Waals surface area contributed by atoms with Crippen LogP contribution in [0.5, 0.6) is 0 Å². The normalized spacial score (nSPS) is 10.8. The number of rotatable bonds is 1. The van der Waals surface area contributed by atoms with Gasteiger partial charge < -0.3 is 10.2 Å². The molecule has 0 bridgehead atoms. The summed E-state index contributed by atoms with van der Waals surface area (Å²) in [4.78, 5) is 0. The highest BCUT2D eigenvalue weighted by molar-refractivity contribution is 5.81. The fraction of sp³-hybridized carbons (Fsp3) is 0.100. The van der Waals surface area contributed by atoms with Crippen molar-refractivity contribution in [3.8, 4) is 0 Å². The van der Waals surface area contributed by atoms with E-state index in [4.69, 9.17) is 10.2 Å². The average Bonchev–Trinajstić information content (AvgIpc) is 2.46. The Balaban J connectivity index is 2.67. The summed E-state index contributed by atoms with van der Waals surface area (Å²) < 4.78 is 5.45. The van der Waals surface area contributed by atoms with E-state index in [1.165, 1.54) is 0 Å². The van der Waals surface area contributed by atoms with Crippen LogP contribution in [-0.2, 0) is 6.42 Å². The van der Waals surface area contributed by atoms with Gasteiger partial charge in [-0.1, -0.05) is 0 Å². The number of nitrogens with two attached hydrogens (primary N) is 1. The van der Waals surface area contributed by atoms with E-state index in [0.29, 0.717) is 6.42 Å². The third kappa shape index (κ3) is 1.05. The first-order valence-corrected chi connectivity index (χ1v) is 3.87. The van der Waals surface area contributed by atoms with Gasteiger partial charge >= 0.3 is 0 Å². The third-order valence-electron chi connectivity index (χ3n) is 1.84. The first-order chi connectivity index (χ1) is 5.79. The van der Waals surface area contributed by atoms with Crippen molar-refractivity contribution in [2.45, 2.75) is 6.42 Å². The zero-order valence-electron chi connectivity index (χ0n) is 6.71. The standard InChI is InChI=1S/C10H10NO/c1-2-9-6-7-5-8(11)3-4-10(7)12-9/h3-6H,1-2,11H2. The van der Waals surface area contributed by atoms with E-state index in [0.717, 1.165) is 22.4 Å². The molecule has 1 aromatic heterocycles. The zero-order valence-corrected chi connectivity index (χ0v) is 6.71. The van der Waals surface area contributed by atoms with Gasteiger partial charge in [-0.3, -0.25) is 0 Å². The van der Waals surface area contributed by atoms with Gasteiger partial charge in [0.1, 0.15) is 11.3 Å². The summed E-state index contributed by atoms with van der Waals surface area (Å²) in [5.41, 5.74) is 7.26. The third-order valence-corrected chi connectivity index (χ3v) is 1.84. The Hall–Kier alpha value is -1.44. The van der Waals surface area contributed by atoms with E-state index >= 15 is 0 Å². The van der Waals surface area contributed by atoms with Crippen LogP contribution in [0.2, 0.25) is 0 Å². The molecule has 0 atom stereocenters. The minimum absolute atomic E-state index is 0.675. The van der Waals surface area contributed by atoms with Gasteiger partial charge in [-0.2, -0.15) is 0 Å². The van der Waals surface area contributed by atoms with Crippen LogP contribution in [-0.4, -0.2) is 0 Å². The van der Waals surface area contributed by atoms with E-state index in [9.17, 15) is 0 Å². The molecule has 61 valence electrons. The number of fused-ring (bicyclic) bond motifs is 1. The fourth-order valence-corrected chi connectivity index (χ4v) is 1.24. The Kier molecular flexibility index (Phi) is 1.54. The van der Waals surface area contributed by atoms with Crippen molar-refractivity contribution in [3.63, 3.8) is 0 Å². The maximum atomic E-state index is 5.62. The molecule has 0 unspecified atom stereocenters. The quantitative estimate of drug-likeness (QED) is 0.650. The number of hydrogen-bond donors (Lipinski definition) is 1. The molecule has 12 heavy (non-hydrogen) atoms. The molecule has 0 aliphatic heterocycles. The topological polar surface area (TPSA) is 39.2 Å². The van der Waals surface area contributed by atoms with Crippen LogP contribution in [0.25, 0.3) is 11.0 Å². The highest BCUT2D eigenvalue weighted by atomic mass is 16.3. The van der Waals surface area contributed by atoms with E-state index in [-0.39, 0.29) is 0 Å². The molecule has 0 aliphatic rings. The Labute approximate surface area is 71.0 Å². The molecule has 2 aromatic rings. The van der Waals surface area contributed by atoms with Crippen molar-refractivity contribution in [1.29, 1.82) is 0 Å². The Morgan fingerprint density at radius 3 is 2.92 bits per heavy atom. The maximum Gasteiger partial charge on any atom is 0.134 e. The van der Waals surface area contributed by atoms with Crippen LogP contribution >= 0.6 is 0 Å². The van der Waals surface area contributed by atoms with Crippen LogP contribution in [0.15, 0.2) is 28.7 Å². The van der Waals surface area contributed by atoms with Crippen molar-refractivity contribution in [3.05, 3.63) is 36.9 Å². The molecular formula is C10H10NO. The summed E-state index contributed by atoms with van der Waals surface area (Å²) in [6.07, 6.45) is 0.675. The molecule has 0 saturated carbocycles. The lowest BCUT2D eigenvalue weighted by atomic mass is 10.2. The van der Waals surface area contributed by atoms with Gasteiger partial charge in [-0.25, -0.2) is 0 Å². The summed E-state index contributed by atoms with van der Waals surface area (Å²) in [7, 11) is 0. The Morgan fingerprint density at radius 1 is 1.33 bits per heavy atom. The van der Waals surface area contributed by atoms with Crippen molar-refractivity contribution >= 4 is 16.7 Å². The number of anilines is 1. The first-order valence-electron chi connectivity index (χ1n) is 3.87. The number of hydrogen-bond acceptors (Lipinski definition) is 2. The van der Waals surface area contributed by atoms with E-state index in [1.54, 1.807) is 0 Å². The van der Waals surface area contributed by atoms with Crippen LogP contribution in [0.4, 0.5) is 5.69 Å². The van der Waals surface area contributed by atoms with Crippen LogP contribution < -0.4 is 5.73 Å². The molecule has 2 heteroatoms. The molecule has 2 nitrogen and oxygen atoms in total. The van der Waals surface area contributed by atoms with Gasteiger partial charge in [0.05, 0.1) is 0 Å². The summed E-state index contributed by atoms with van der Waals surface area (Å²) in [6, 6.07) is 7.58. The lowest BCUT2D eigenvalue weighted by Gasteiger charge is -1.89. The van der Waals surface area contributed by atoms with Crippen molar-refractivity contribution in [2.75, 3.05) is 5.73 Å². The molecule has 0 saturated heterocycles. The molecule has 0 fully saturated rings. The molecule has 0 amide bonds. The maximum absolute atomic E-state index is 5.62. The average molecular weight is 160 g/mol. The van der Waals surface area contributed by atoms with Gasteiger partial charge in [0.15, 0.2) is 0 Å². The Bertz CT molecular complexity index is 403. The van der Waals surface area contributed by atoms with Gasteiger partial charge in [0, 0.05) is 17.5 Å². The second-order valence-corrected chi connectivity index (χ2v) is 2.76. The van der Waals surface area contributed by atoms with Gasteiger partial charge in [-0.05, 0) is 31.2 Å². The molecule has 0 spiro atoms. The molecule has 1 radical (unpaired) electrons. The molecule has 1 aromatic carbocycles. The number of benzene rings is 1.